The summed E-state index contributed by atoms with van der Waals surface area (Å²) in [5, 5.41) is 15.8. The van der Waals surface area contributed by atoms with Crippen molar-refractivity contribution in [3.63, 3.8) is 0 Å². The molecule has 148 valence electrons. The number of aromatic nitrogens is 5. The quantitative estimate of drug-likeness (QED) is 0.426. The molecule has 1 aliphatic rings. The Hall–Kier alpha value is -3.00. The predicted octanol–water partition coefficient (Wildman–Crippen LogP) is 4.84. The zero-order valence-corrected chi connectivity index (χ0v) is 17.3. The standard InChI is InChI=1S/C22H16ClN5OS/c23-15-9-16-17(11-26-19(16)25-10-15)20-27-18(12-30-20)13-2-1-3-14(8-13)22(29)4-6-28-7-5-24-21(22)28/h1-3,5,7-12,29H,4,6H2,(H,25,26)/t22-/m1/s1. The van der Waals surface area contributed by atoms with Gasteiger partial charge in [0.1, 0.15) is 22.1 Å². The molecule has 0 saturated heterocycles. The molecule has 2 N–H and O–H groups in total. The van der Waals surface area contributed by atoms with E-state index in [1.807, 2.05) is 52.7 Å². The van der Waals surface area contributed by atoms with Gasteiger partial charge in [0.15, 0.2) is 0 Å². The molecule has 0 unspecified atom stereocenters. The van der Waals surface area contributed by atoms with Crippen LogP contribution in [0.5, 0.6) is 0 Å². The van der Waals surface area contributed by atoms with Crippen molar-refractivity contribution < 1.29 is 5.11 Å². The summed E-state index contributed by atoms with van der Waals surface area (Å²) < 4.78 is 2.00. The van der Waals surface area contributed by atoms with Crippen LogP contribution in [0.1, 0.15) is 17.8 Å². The number of aliphatic hydroxyl groups is 1. The third kappa shape index (κ3) is 2.63. The highest BCUT2D eigenvalue weighted by molar-refractivity contribution is 7.13. The smallest absolute Gasteiger partial charge is 0.149 e. The topological polar surface area (TPSA) is 79.6 Å². The van der Waals surface area contributed by atoms with Crippen LogP contribution < -0.4 is 0 Å². The van der Waals surface area contributed by atoms with Gasteiger partial charge in [0.05, 0.1) is 10.7 Å². The number of nitrogens with one attached hydrogen (secondary N) is 1. The van der Waals surface area contributed by atoms with Gasteiger partial charge in [0.25, 0.3) is 0 Å². The number of halogens is 1. The molecule has 5 heterocycles. The van der Waals surface area contributed by atoms with E-state index in [-0.39, 0.29) is 0 Å². The van der Waals surface area contributed by atoms with Gasteiger partial charge in [-0.05, 0) is 17.7 Å². The fourth-order valence-electron chi connectivity index (χ4n) is 4.14. The van der Waals surface area contributed by atoms with E-state index in [1.54, 1.807) is 23.7 Å². The van der Waals surface area contributed by atoms with Gasteiger partial charge in [-0.15, -0.1) is 11.3 Å². The van der Waals surface area contributed by atoms with E-state index < -0.39 is 5.60 Å². The number of imidazole rings is 1. The first-order chi connectivity index (χ1) is 14.6. The van der Waals surface area contributed by atoms with Crippen LogP contribution in [0, 0.1) is 0 Å². The molecule has 5 aromatic rings. The predicted molar refractivity (Wildman–Crippen MR) is 117 cm³/mol. The number of aromatic amines is 1. The van der Waals surface area contributed by atoms with Crippen LogP contribution in [0.3, 0.4) is 0 Å². The fourth-order valence-corrected chi connectivity index (χ4v) is 5.16. The average molecular weight is 434 g/mol. The number of hydrogen-bond acceptors (Lipinski definition) is 5. The third-order valence-corrected chi connectivity index (χ3v) is 6.75. The van der Waals surface area contributed by atoms with Crippen molar-refractivity contribution in [2.75, 3.05) is 0 Å². The van der Waals surface area contributed by atoms with E-state index in [0.29, 0.717) is 17.3 Å². The van der Waals surface area contributed by atoms with Crippen LogP contribution in [0.15, 0.2) is 60.5 Å². The number of aryl methyl sites for hydroxylation is 1. The second-order valence-electron chi connectivity index (χ2n) is 7.43. The van der Waals surface area contributed by atoms with Gasteiger partial charge >= 0.3 is 0 Å². The fraction of sp³-hybridized carbons (Fsp3) is 0.136. The van der Waals surface area contributed by atoms with Crippen molar-refractivity contribution in [2.45, 2.75) is 18.6 Å². The van der Waals surface area contributed by atoms with Gasteiger partial charge in [-0.1, -0.05) is 29.8 Å². The van der Waals surface area contributed by atoms with E-state index in [2.05, 4.69) is 15.0 Å². The lowest BCUT2D eigenvalue weighted by molar-refractivity contribution is 0.0786. The maximum Gasteiger partial charge on any atom is 0.149 e. The van der Waals surface area contributed by atoms with Crippen LogP contribution in [0.25, 0.3) is 32.9 Å². The molecule has 1 aromatic carbocycles. The molecule has 0 radical (unpaired) electrons. The highest BCUT2D eigenvalue weighted by Crippen LogP contribution is 2.39. The molecule has 0 aliphatic carbocycles. The van der Waals surface area contributed by atoms with Gasteiger partial charge in [-0.25, -0.2) is 15.0 Å². The average Bonchev–Trinajstić information content (AvgIpc) is 3.53. The Morgan fingerprint density at radius 2 is 2.17 bits per heavy atom. The largest absolute Gasteiger partial charge is 0.377 e. The van der Waals surface area contributed by atoms with Crippen LogP contribution in [0.4, 0.5) is 0 Å². The van der Waals surface area contributed by atoms with Gasteiger partial charge in [0.2, 0.25) is 0 Å². The summed E-state index contributed by atoms with van der Waals surface area (Å²) in [6.45, 7) is 0.758. The van der Waals surface area contributed by atoms with E-state index in [0.717, 1.165) is 45.0 Å². The molecule has 0 fully saturated rings. The molecule has 8 heteroatoms. The molecule has 0 bridgehead atoms. The molecular weight excluding hydrogens is 418 g/mol. The number of nitrogens with zero attached hydrogens (tertiary/aromatic N) is 4. The summed E-state index contributed by atoms with van der Waals surface area (Å²) >= 11 is 7.70. The van der Waals surface area contributed by atoms with Crippen molar-refractivity contribution in [3.05, 3.63) is 76.9 Å². The Bertz CT molecular complexity index is 1400. The van der Waals surface area contributed by atoms with Gasteiger partial charge in [-0.2, -0.15) is 0 Å². The second-order valence-corrected chi connectivity index (χ2v) is 8.72. The Morgan fingerprint density at radius 1 is 1.23 bits per heavy atom. The Labute approximate surface area is 180 Å². The summed E-state index contributed by atoms with van der Waals surface area (Å²) in [7, 11) is 0. The van der Waals surface area contributed by atoms with Crippen LogP contribution in [-0.4, -0.2) is 29.6 Å². The Morgan fingerprint density at radius 3 is 3.10 bits per heavy atom. The third-order valence-electron chi connectivity index (χ3n) is 5.67. The molecule has 30 heavy (non-hydrogen) atoms. The number of rotatable bonds is 3. The van der Waals surface area contributed by atoms with E-state index in [4.69, 9.17) is 16.6 Å². The van der Waals surface area contributed by atoms with Gasteiger partial charge < -0.3 is 14.7 Å². The molecule has 1 aliphatic heterocycles. The minimum absolute atomic E-state index is 0.594. The van der Waals surface area contributed by atoms with Gasteiger partial charge in [-0.3, -0.25) is 0 Å². The van der Waals surface area contributed by atoms with Crippen LogP contribution in [0.2, 0.25) is 5.02 Å². The first-order valence-electron chi connectivity index (χ1n) is 9.55. The van der Waals surface area contributed by atoms with Crippen molar-refractivity contribution in [1.29, 1.82) is 0 Å². The monoisotopic (exact) mass is 433 g/mol. The number of fused-ring (bicyclic) bond motifs is 2. The lowest BCUT2D eigenvalue weighted by Gasteiger charge is -2.22. The zero-order valence-electron chi connectivity index (χ0n) is 15.7. The lowest BCUT2D eigenvalue weighted by Crippen LogP contribution is -2.25. The Kier molecular flexibility index (Phi) is 3.86. The number of thiazole rings is 1. The highest BCUT2D eigenvalue weighted by Gasteiger charge is 2.40. The summed E-state index contributed by atoms with van der Waals surface area (Å²) in [5.41, 5.74) is 3.35. The van der Waals surface area contributed by atoms with Crippen molar-refractivity contribution in [1.82, 2.24) is 24.5 Å². The SMILES string of the molecule is O[C@@]1(c2cccc(-c3csc(-c4c[nH]c5ncc(Cl)cc45)n3)c2)CCn2ccnc21. The summed E-state index contributed by atoms with van der Waals surface area (Å²) in [6.07, 6.45) is 7.80. The maximum atomic E-state index is 11.4. The second kappa shape index (κ2) is 6.50. The van der Waals surface area contributed by atoms with E-state index >= 15 is 0 Å². The Balaban J connectivity index is 1.40. The summed E-state index contributed by atoms with van der Waals surface area (Å²) in [6, 6.07) is 9.84. The first kappa shape index (κ1) is 17.8. The minimum atomic E-state index is -1.07. The van der Waals surface area contributed by atoms with Crippen molar-refractivity contribution in [3.8, 4) is 21.8 Å². The maximum absolute atomic E-state index is 11.4. The van der Waals surface area contributed by atoms with E-state index in [1.165, 1.54) is 0 Å². The molecule has 1 atom stereocenters. The molecule has 0 spiro atoms. The lowest BCUT2D eigenvalue weighted by atomic mass is 9.90. The minimum Gasteiger partial charge on any atom is -0.377 e. The van der Waals surface area contributed by atoms with Crippen molar-refractivity contribution in [2.24, 2.45) is 0 Å². The molecular formula is C22H16ClN5OS. The van der Waals surface area contributed by atoms with E-state index in [9.17, 15) is 5.11 Å². The molecule has 6 nitrogen and oxygen atoms in total. The molecule has 0 amide bonds. The van der Waals surface area contributed by atoms with Gasteiger partial charge in [0, 0.05) is 59.6 Å². The molecule has 0 saturated carbocycles. The first-order valence-corrected chi connectivity index (χ1v) is 10.8. The number of pyridine rings is 1. The number of H-pyrrole nitrogens is 1. The normalized spacial score (nSPS) is 18.2. The number of benzene rings is 1. The van der Waals surface area contributed by atoms with Crippen LogP contribution in [-0.2, 0) is 12.1 Å². The summed E-state index contributed by atoms with van der Waals surface area (Å²) in [4.78, 5) is 16.7. The zero-order chi connectivity index (χ0) is 20.3. The summed E-state index contributed by atoms with van der Waals surface area (Å²) in [5.74, 6) is 0.696. The molecule has 6 rings (SSSR count). The molecule has 4 aromatic heterocycles. The van der Waals surface area contributed by atoms with Crippen LogP contribution >= 0.6 is 22.9 Å². The van der Waals surface area contributed by atoms with Crippen molar-refractivity contribution >= 4 is 34.0 Å². The highest BCUT2D eigenvalue weighted by atomic mass is 35.5. The number of hydrogen-bond donors (Lipinski definition) is 2.